The van der Waals surface area contributed by atoms with E-state index >= 15 is 0 Å². The summed E-state index contributed by atoms with van der Waals surface area (Å²) < 4.78 is 5.96. The summed E-state index contributed by atoms with van der Waals surface area (Å²) in [5, 5.41) is 19.5. The number of nitrogens with zero attached hydrogens (tertiary/aromatic N) is 1. The lowest BCUT2D eigenvalue weighted by Gasteiger charge is -2.17. The minimum absolute atomic E-state index is 0.484. The summed E-state index contributed by atoms with van der Waals surface area (Å²) in [6.07, 6.45) is -0.680. The summed E-state index contributed by atoms with van der Waals surface area (Å²) in [6.45, 7) is 5.48. The first-order chi connectivity index (χ1) is 9.92. The van der Waals surface area contributed by atoms with Gasteiger partial charge in [0, 0.05) is 10.6 Å². The summed E-state index contributed by atoms with van der Waals surface area (Å²) in [4.78, 5) is 0. The predicted molar refractivity (Wildman–Crippen MR) is 82.8 cm³/mol. The lowest BCUT2D eigenvalue weighted by Crippen LogP contribution is -1.99. The number of aliphatic hydroxyl groups excluding tert-OH is 1. The van der Waals surface area contributed by atoms with Gasteiger partial charge in [-0.15, -0.1) is 0 Å². The minimum atomic E-state index is -0.680. The number of aryl methyl sites for hydroxylation is 2. The van der Waals surface area contributed by atoms with E-state index in [0.29, 0.717) is 27.6 Å². The number of halogens is 1. The maximum Gasteiger partial charge on any atom is 0.134 e. The van der Waals surface area contributed by atoms with Crippen molar-refractivity contribution in [3.63, 3.8) is 0 Å². The molecule has 0 spiro atoms. The summed E-state index contributed by atoms with van der Waals surface area (Å²) >= 11 is 6.02. The second-order valence-corrected chi connectivity index (χ2v) is 5.45. The molecule has 0 aliphatic carbocycles. The van der Waals surface area contributed by atoms with Crippen LogP contribution in [0.4, 0.5) is 0 Å². The van der Waals surface area contributed by atoms with Gasteiger partial charge in [0.2, 0.25) is 0 Å². The van der Waals surface area contributed by atoms with Crippen LogP contribution in [-0.2, 0) is 0 Å². The highest BCUT2D eigenvalue weighted by Gasteiger charge is 2.14. The van der Waals surface area contributed by atoms with Crippen LogP contribution < -0.4 is 4.74 Å². The van der Waals surface area contributed by atoms with Gasteiger partial charge in [-0.2, -0.15) is 5.26 Å². The SMILES string of the molecule is Cc1cc(Cl)cc(C)c1Oc1cc(C#N)ccc1[C@@H](C)O. The van der Waals surface area contributed by atoms with Crippen LogP contribution in [-0.4, -0.2) is 5.11 Å². The first-order valence-electron chi connectivity index (χ1n) is 6.59. The molecule has 0 amide bonds. The lowest BCUT2D eigenvalue weighted by molar-refractivity contribution is 0.195. The number of aliphatic hydroxyl groups is 1. The van der Waals surface area contributed by atoms with Crippen molar-refractivity contribution in [3.05, 3.63) is 57.6 Å². The van der Waals surface area contributed by atoms with Crippen LogP contribution in [0.25, 0.3) is 0 Å². The van der Waals surface area contributed by atoms with Crippen molar-refractivity contribution in [2.75, 3.05) is 0 Å². The number of benzene rings is 2. The Morgan fingerprint density at radius 3 is 2.33 bits per heavy atom. The van der Waals surface area contributed by atoms with E-state index in [1.54, 1.807) is 25.1 Å². The van der Waals surface area contributed by atoms with E-state index < -0.39 is 6.10 Å². The Labute approximate surface area is 129 Å². The van der Waals surface area contributed by atoms with Crippen molar-refractivity contribution in [3.8, 4) is 17.6 Å². The highest BCUT2D eigenvalue weighted by Crippen LogP contribution is 2.35. The molecule has 4 heteroatoms. The quantitative estimate of drug-likeness (QED) is 0.896. The normalized spacial score (nSPS) is 11.8. The van der Waals surface area contributed by atoms with Crippen LogP contribution in [0, 0.1) is 25.2 Å². The molecule has 0 saturated heterocycles. The summed E-state index contributed by atoms with van der Waals surface area (Å²) in [5.74, 6) is 1.17. The molecule has 2 aromatic rings. The average Bonchev–Trinajstić information content (AvgIpc) is 2.42. The third kappa shape index (κ3) is 3.36. The fourth-order valence-electron chi connectivity index (χ4n) is 2.21. The number of nitriles is 1. The zero-order valence-electron chi connectivity index (χ0n) is 12.1. The fraction of sp³-hybridized carbons (Fsp3) is 0.235. The van der Waals surface area contributed by atoms with Crippen LogP contribution in [0.15, 0.2) is 30.3 Å². The molecule has 0 aliphatic rings. The zero-order valence-corrected chi connectivity index (χ0v) is 12.9. The van der Waals surface area contributed by atoms with Crippen molar-refractivity contribution < 1.29 is 9.84 Å². The van der Waals surface area contributed by atoms with Crippen molar-refractivity contribution in [2.24, 2.45) is 0 Å². The second kappa shape index (κ2) is 6.17. The molecule has 2 aromatic carbocycles. The molecule has 0 saturated carbocycles. The zero-order chi connectivity index (χ0) is 15.6. The lowest BCUT2D eigenvalue weighted by atomic mass is 10.1. The maximum absolute atomic E-state index is 9.84. The molecule has 0 aliphatic heterocycles. The monoisotopic (exact) mass is 301 g/mol. The molecule has 3 nitrogen and oxygen atoms in total. The van der Waals surface area contributed by atoms with Gasteiger partial charge >= 0.3 is 0 Å². The topological polar surface area (TPSA) is 53.2 Å². The van der Waals surface area contributed by atoms with Gasteiger partial charge in [0.1, 0.15) is 11.5 Å². The number of ether oxygens (including phenoxy) is 1. The predicted octanol–water partition coefficient (Wildman–Crippen LogP) is 4.67. The van der Waals surface area contributed by atoms with E-state index in [1.807, 2.05) is 26.0 Å². The summed E-state index contributed by atoms with van der Waals surface area (Å²) in [7, 11) is 0. The largest absolute Gasteiger partial charge is 0.456 e. The number of hydrogen-bond donors (Lipinski definition) is 1. The van der Waals surface area contributed by atoms with Gasteiger partial charge in [0.15, 0.2) is 0 Å². The van der Waals surface area contributed by atoms with Gasteiger partial charge < -0.3 is 9.84 Å². The summed E-state index contributed by atoms with van der Waals surface area (Å²) in [6, 6.07) is 10.7. The van der Waals surface area contributed by atoms with Crippen molar-refractivity contribution in [2.45, 2.75) is 26.9 Å². The van der Waals surface area contributed by atoms with Gasteiger partial charge in [-0.05, 0) is 56.2 Å². The Morgan fingerprint density at radius 2 is 1.81 bits per heavy atom. The van der Waals surface area contributed by atoms with Gasteiger partial charge in [-0.3, -0.25) is 0 Å². The molecule has 0 fully saturated rings. The van der Waals surface area contributed by atoms with Gasteiger partial charge in [0.05, 0.1) is 17.7 Å². The first-order valence-corrected chi connectivity index (χ1v) is 6.97. The second-order valence-electron chi connectivity index (χ2n) is 5.01. The fourth-order valence-corrected chi connectivity index (χ4v) is 2.53. The standard InChI is InChI=1S/C17H16ClNO2/c1-10-6-14(18)7-11(2)17(10)21-16-8-13(9-19)4-5-15(16)12(3)20/h4-8,12,20H,1-3H3/t12-/m1/s1. The van der Waals surface area contributed by atoms with Gasteiger partial charge in [-0.25, -0.2) is 0 Å². The van der Waals surface area contributed by atoms with Crippen molar-refractivity contribution in [1.29, 1.82) is 5.26 Å². The Kier molecular flexibility index (Phi) is 4.52. The molecular formula is C17H16ClNO2. The van der Waals surface area contributed by atoms with E-state index in [1.165, 1.54) is 0 Å². The Balaban J connectivity index is 2.51. The Bertz CT molecular complexity index is 694. The van der Waals surface area contributed by atoms with Crippen LogP contribution in [0.2, 0.25) is 5.02 Å². The molecule has 0 radical (unpaired) electrons. The van der Waals surface area contributed by atoms with E-state index in [0.717, 1.165) is 11.1 Å². The third-order valence-corrected chi connectivity index (χ3v) is 3.45. The molecule has 0 aromatic heterocycles. The molecule has 0 unspecified atom stereocenters. The minimum Gasteiger partial charge on any atom is -0.456 e. The number of hydrogen-bond acceptors (Lipinski definition) is 3. The first kappa shape index (κ1) is 15.4. The molecule has 1 atom stereocenters. The molecule has 108 valence electrons. The smallest absolute Gasteiger partial charge is 0.134 e. The highest BCUT2D eigenvalue weighted by atomic mass is 35.5. The van der Waals surface area contributed by atoms with E-state index in [2.05, 4.69) is 6.07 Å². The molecule has 0 heterocycles. The van der Waals surface area contributed by atoms with Crippen LogP contribution in [0.1, 0.15) is 35.3 Å². The van der Waals surface area contributed by atoms with E-state index in [9.17, 15) is 5.11 Å². The summed E-state index contributed by atoms with van der Waals surface area (Å²) in [5.41, 5.74) is 2.93. The highest BCUT2D eigenvalue weighted by molar-refractivity contribution is 6.30. The van der Waals surface area contributed by atoms with Gasteiger partial charge in [-0.1, -0.05) is 17.7 Å². The van der Waals surface area contributed by atoms with Crippen molar-refractivity contribution >= 4 is 11.6 Å². The average molecular weight is 302 g/mol. The van der Waals surface area contributed by atoms with E-state index in [4.69, 9.17) is 21.6 Å². The van der Waals surface area contributed by atoms with Crippen LogP contribution in [0.3, 0.4) is 0 Å². The van der Waals surface area contributed by atoms with E-state index in [-0.39, 0.29) is 0 Å². The molecule has 1 N–H and O–H groups in total. The molecular weight excluding hydrogens is 286 g/mol. The Morgan fingerprint density at radius 1 is 1.19 bits per heavy atom. The molecule has 21 heavy (non-hydrogen) atoms. The van der Waals surface area contributed by atoms with Crippen LogP contribution >= 0.6 is 11.6 Å². The molecule has 2 rings (SSSR count). The number of rotatable bonds is 3. The van der Waals surface area contributed by atoms with Crippen molar-refractivity contribution in [1.82, 2.24) is 0 Å². The van der Waals surface area contributed by atoms with Crippen LogP contribution in [0.5, 0.6) is 11.5 Å². The van der Waals surface area contributed by atoms with Gasteiger partial charge in [0.25, 0.3) is 0 Å². The maximum atomic E-state index is 9.84. The Hall–Kier alpha value is -2.02. The molecule has 0 bridgehead atoms. The third-order valence-electron chi connectivity index (χ3n) is 3.23.